The zero-order chi connectivity index (χ0) is 6.69. The summed E-state index contributed by atoms with van der Waals surface area (Å²) in [6, 6.07) is 0.0579. The fraction of sp³-hybridized carbons (Fsp3) is 0.500. The van der Waals surface area contributed by atoms with E-state index in [-0.39, 0.29) is 11.9 Å². The van der Waals surface area contributed by atoms with Gasteiger partial charge in [-0.1, -0.05) is 0 Å². The van der Waals surface area contributed by atoms with Gasteiger partial charge in [-0.3, -0.25) is 4.79 Å². The van der Waals surface area contributed by atoms with E-state index in [1.807, 2.05) is 0 Å². The monoisotopic (exact) mass is 127 g/mol. The summed E-state index contributed by atoms with van der Waals surface area (Å²) in [6.07, 6.45) is 3.92. The van der Waals surface area contributed by atoms with Crippen LogP contribution in [-0.4, -0.2) is 17.1 Å². The van der Waals surface area contributed by atoms with Crippen LogP contribution in [0.1, 0.15) is 12.8 Å². The molecule has 1 saturated heterocycles. The highest BCUT2D eigenvalue weighted by Gasteiger charge is 2.17. The Hall–Kier alpha value is -0.990. The first-order chi connectivity index (χ1) is 4.33. The molecule has 0 aromatic rings. The van der Waals surface area contributed by atoms with E-state index in [0.717, 1.165) is 12.7 Å². The smallest absolute Gasteiger partial charge is 0.220 e. The quantitative estimate of drug-likeness (QED) is 0.499. The highest BCUT2D eigenvalue weighted by molar-refractivity contribution is 5.78. The van der Waals surface area contributed by atoms with Gasteiger partial charge in [0.2, 0.25) is 5.91 Å². The van der Waals surface area contributed by atoms with E-state index in [1.54, 1.807) is 6.08 Å². The molecule has 2 N–H and O–H groups in total. The molecule has 1 aliphatic rings. The second-order valence-corrected chi connectivity index (χ2v) is 2.05. The van der Waals surface area contributed by atoms with E-state index in [9.17, 15) is 4.79 Å². The number of amides is 1. The highest BCUT2D eigenvalue weighted by atomic mass is 16.2. The van der Waals surface area contributed by atoms with Crippen LogP contribution < -0.4 is 5.32 Å². The SMILES string of the molecule is O=C1CC[C@@H](/C=C\O)N1. The molecule has 0 aliphatic carbocycles. The van der Waals surface area contributed by atoms with Crippen molar-refractivity contribution < 1.29 is 9.90 Å². The fourth-order valence-corrected chi connectivity index (χ4v) is 0.886. The average Bonchev–Trinajstić information content (AvgIpc) is 2.17. The first kappa shape index (κ1) is 6.13. The Morgan fingerprint density at radius 3 is 3.00 bits per heavy atom. The molecule has 0 spiro atoms. The predicted octanol–water partition coefficient (Wildman–Crippen LogP) is 0.337. The van der Waals surface area contributed by atoms with Crippen molar-refractivity contribution in [1.82, 2.24) is 5.32 Å². The second kappa shape index (κ2) is 2.53. The molecule has 0 aromatic heterocycles. The third-order valence-corrected chi connectivity index (χ3v) is 1.35. The van der Waals surface area contributed by atoms with Crippen LogP contribution in [0.4, 0.5) is 0 Å². The molecule has 0 bridgehead atoms. The van der Waals surface area contributed by atoms with E-state index < -0.39 is 0 Å². The molecule has 0 unspecified atom stereocenters. The molecule has 0 aromatic carbocycles. The number of hydrogen-bond donors (Lipinski definition) is 2. The average molecular weight is 127 g/mol. The Morgan fingerprint density at radius 2 is 2.56 bits per heavy atom. The summed E-state index contributed by atoms with van der Waals surface area (Å²) in [6.45, 7) is 0. The lowest BCUT2D eigenvalue weighted by Gasteiger charge is -1.98. The Morgan fingerprint density at radius 1 is 1.78 bits per heavy atom. The lowest BCUT2D eigenvalue weighted by Crippen LogP contribution is -2.22. The molecule has 1 amide bonds. The zero-order valence-corrected chi connectivity index (χ0v) is 5.00. The van der Waals surface area contributed by atoms with Crippen LogP contribution in [0, 0.1) is 0 Å². The zero-order valence-electron chi connectivity index (χ0n) is 5.00. The summed E-state index contributed by atoms with van der Waals surface area (Å²) in [5.41, 5.74) is 0. The molecule has 0 radical (unpaired) electrons. The van der Waals surface area contributed by atoms with E-state index in [4.69, 9.17) is 5.11 Å². The molecule has 3 nitrogen and oxygen atoms in total. The van der Waals surface area contributed by atoms with Crippen LogP contribution in [-0.2, 0) is 4.79 Å². The van der Waals surface area contributed by atoms with Crippen molar-refractivity contribution in [3.63, 3.8) is 0 Å². The largest absolute Gasteiger partial charge is 0.516 e. The van der Waals surface area contributed by atoms with Gasteiger partial charge in [0.15, 0.2) is 0 Å². The van der Waals surface area contributed by atoms with Crippen LogP contribution in [0.15, 0.2) is 12.3 Å². The number of carbonyl (C=O) groups excluding carboxylic acids is 1. The van der Waals surface area contributed by atoms with Gasteiger partial charge in [0.1, 0.15) is 0 Å². The Kier molecular flexibility index (Phi) is 1.72. The van der Waals surface area contributed by atoms with Crippen LogP contribution in [0.25, 0.3) is 0 Å². The first-order valence-corrected chi connectivity index (χ1v) is 2.93. The Labute approximate surface area is 53.4 Å². The Balaban J connectivity index is 2.39. The van der Waals surface area contributed by atoms with Gasteiger partial charge in [-0.25, -0.2) is 0 Å². The van der Waals surface area contributed by atoms with Crippen molar-refractivity contribution in [1.29, 1.82) is 0 Å². The summed E-state index contributed by atoms with van der Waals surface area (Å²) in [5.74, 6) is 0.0677. The number of aliphatic hydroxyl groups excluding tert-OH is 1. The molecule has 1 aliphatic heterocycles. The van der Waals surface area contributed by atoms with Crippen molar-refractivity contribution in [2.45, 2.75) is 18.9 Å². The van der Waals surface area contributed by atoms with Crippen molar-refractivity contribution in [3.05, 3.63) is 12.3 Å². The lowest BCUT2D eigenvalue weighted by atomic mass is 10.2. The maximum Gasteiger partial charge on any atom is 0.220 e. The molecule has 3 heteroatoms. The summed E-state index contributed by atoms with van der Waals surface area (Å²) >= 11 is 0. The molecule has 0 saturated carbocycles. The normalized spacial score (nSPS) is 27.1. The van der Waals surface area contributed by atoms with Gasteiger partial charge in [0.25, 0.3) is 0 Å². The number of nitrogens with one attached hydrogen (secondary N) is 1. The van der Waals surface area contributed by atoms with Crippen LogP contribution >= 0.6 is 0 Å². The summed E-state index contributed by atoms with van der Waals surface area (Å²) in [7, 11) is 0. The number of carbonyl (C=O) groups is 1. The number of hydrogen-bond acceptors (Lipinski definition) is 2. The van der Waals surface area contributed by atoms with Crippen LogP contribution in [0.3, 0.4) is 0 Å². The van der Waals surface area contributed by atoms with Crippen molar-refractivity contribution >= 4 is 5.91 Å². The van der Waals surface area contributed by atoms with Gasteiger partial charge in [-0.15, -0.1) is 0 Å². The molecule has 1 atom stereocenters. The summed E-state index contributed by atoms with van der Waals surface area (Å²) in [5, 5.41) is 11.0. The molecule has 50 valence electrons. The van der Waals surface area contributed by atoms with E-state index in [1.165, 1.54) is 0 Å². The van der Waals surface area contributed by atoms with Gasteiger partial charge < -0.3 is 10.4 Å². The second-order valence-electron chi connectivity index (χ2n) is 2.05. The molecular formula is C6H9NO2. The van der Waals surface area contributed by atoms with Crippen LogP contribution in [0.2, 0.25) is 0 Å². The highest BCUT2D eigenvalue weighted by Crippen LogP contribution is 2.06. The number of rotatable bonds is 1. The maximum atomic E-state index is 10.5. The summed E-state index contributed by atoms with van der Waals surface area (Å²) in [4.78, 5) is 10.5. The Bertz CT molecular complexity index is 142. The van der Waals surface area contributed by atoms with Crippen LogP contribution in [0.5, 0.6) is 0 Å². The van der Waals surface area contributed by atoms with Gasteiger partial charge in [0.05, 0.1) is 12.3 Å². The minimum Gasteiger partial charge on any atom is -0.516 e. The van der Waals surface area contributed by atoms with E-state index in [0.29, 0.717) is 6.42 Å². The van der Waals surface area contributed by atoms with Gasteiger partial charge in [0, 0.05) is 6.42 Å². The van der Waals surface area contributed by atoms with Gasteiger partial charge in [-0.05, 0) is 12.5 Å². The van der Waals surface area contributed by atoms with Crippen molar-refractivity contribution in [2.24, 2.45) is 0 Å². The third-order valence-electron chi connectivity index (χ3n) is 1.35. The first-order valence-electron chi connectivity index (χ1n) is 2.93. The lowest BCUT2D eigenvalue weighted by molar-refractivity contribution is -0.119. The molecule has 1 fully saturated rings. The van der Waals surface area contributed by atoms with Gasteiger partial charge >= 0.3 is 0 Å². The van der Waals surface area contributed by atoms with E-state index in [2.05, 4.69) is 5.32 Å². The fourth-order valence-electron chi connectivity index (χ4n) is 0.886. The van der Waals surface area contributed by atoms with Gasteiger partial charge in [-0.2, -0.15) is 0 Å². The minimum absolute atomic E-state index is 0.0579. The number of aliphatic hydroxyl groups is 1. The minimum atomic E-state index is 0.0579. The third kappa shape index (κ3) is 1.45. The van der Waals surface area contributed by atoms with Crippen molar-refractivity contribution in [3.8, 4) is 0 Å². The molecule has 9 heavy (non-hydrogen) atoms. The van der Waals surface area contributed by atoms with E-state index >= 15 is 0 Å². The standard InChI is InChI=1S/C6H9NO2/c8-4-3-5-1-2-6(9)7-5/h3-5,8H,1-2H2,(H,7,9)/b4-3-/t5-/m0/s1. The topological polar surface area (TPSA) is 49.3 Å². The molecular weight excluding hydrogens is 118 g/mol. The predicted molar refractivity (Wildman–Crippen MR) is 32.9 cm³/mol. The summed E-state index contributed by atoms with van der Waals surface area (Å²) < 4.78 is 0. The molecule has 1 rings (SSSR count). The molecule has 1 heterocycles. The maximum absolute atomic E-state index is 10.5. The van der Waals surface area contributed by atoms with Crippen molar-refractivity contribution in [2.75, 3.05) is 0 Å².